The number of rotatable bonds is 10. The zero-order valence-electron chi connectivity index (χ0n) is 21.7. The van der Waals surface area contributed by atoms with Crippen LogP contribution in [0.1, 0.15) is 35.5 Å². The average molecular weight is 511 g/mol. The van der Waals surface area contributed by atoms with Gasteiger partial charge in [0.25, 0.3) is 5.56 Å². The molecule has 38 heavy (non-hydrogen) atoms. The maximum absolute atomic E-state index is 13.6. The second kappa shape index (κ2) is 11.3. The van der Waals surface area contributed by atoms with Crippen molar-refractivity contribution in [3.63, 3.8) is 0 Å². The molecule has 0 spiro atoms. The molecule has 1 N–H and O–H groups in total. The standard InChI is InChI=1S/C29H30N6O3/c1-4-34(18-20-8-6-5-7-9-20)27(25-16-22-12-15-24(38-3)17-26(22)30-29(25)36)28-31-32-33-35(28)19-21-10-13-23(37-2)14-11-21/h5-17,27H,4,18-19H2,1-3H3,(H,30,36). The number of hydrogen-bond acceptors (Lipinski definition) is 7. The highest BCUT2D eigenvalue weighted by Gasteiger charge is 2.30. The summed E-state index contributed by atoms with van der Waals surface area (Å²) in [5, 5.41) is 13.7. The summed E-state index contributed by atoms with van der Waals surface area (Å²) in [6.45, 7) is 3.83. The van der Waals surface area contributed by atoms with E-state index in [-0.39, 0.29) is 5.56 Å². The van der Waals surface area contributed by atoms with Gasteiger partial charge in [0, 0.05) is 18.2 Å². The zero-order valence-corrected chi connectivity index (χ0v) is 21.7. The maximum atomic E-state index is 13.6. The number of hydrogen-bond donors (Lipinski definition) is 1. The van der Waals surface area contributed by atoms with E-state index >= 15 is 0 Å². The summed E-state index contributed by atoms with van der Waals surface area (Å²) in [5.41, 5.74) is 3.24. The molecule has 5 aromatic rings. The molecule has 0 bridgehead atoms. The molecule has 0 amide bonds. The fourth-order valence-electron chi connectivity index (χ4n) is 4.65. The van der Waals surface area contributed by atoms with Gasteiger partial charge in [-0.2, -0.15) is 0 Å². The van der Waals surface area contributed by atoms with E-state index < -0.39 is 6.04 Å². The maximum Gasteiger partial charge on any atom is 0.253 e. The number of tetrazole rings is 1. The number of methoxy groups -OCH3 is 2. The molecule has 0 fully saturated rings. The second-order valence-corrected chi connectivity index (χ2v) is 9.00. The van der Waals surface area contributed by atoms with Crippen molar-refractivity contribution in [3.05, 3.63) is 112 Å². The molecule has 2 heterocycles. The minimum Gasteiger partial charge on any atom is -0.497 e. The van der Waals surface area contributed by atoms with Crippen molar-refractivity contribution in [1.29, 1.82) is 0 Å². The number of ether oxygens (including phenoxy) is 2. The van der Waals surface area contributed by atoms with Crippen molar-refractivity contribution in [3.8, 4) is 11.5 Å². The van der Waals surface area contributed by atoms with Crippen molar-refractivity contribution >= 4 is 10.9 Å². The van der Waals surface area contributed by atoms with Gasteiger partial charge in [0.15, 0.2) is 5.82 Å². The van der Waals surface area contributed by atoms with E-state index in [9.17, 15) is 4.79 Å². The van der Waals surface area contributed by atoms with E-state index in [2.05, 4.69) is 44.5 Å². The Balaban J connectivity index is 1.61. The van der Waals surface area contributed by atoms with Gasteiger partial charge in [-0.25, -0.2) is 4.68 Å². The minimum atomic E-state index is -0.483. The van der Waals surface area contributed by atoms with E-state index in [1.54, 1.807) is 18.9 Å². The lowest BCUT2D eigenvalue weighted by atomic mass is 10.0. The number of H-pyrrole nitrogens is 1. The van der Waals surface area contributed by atoms with Crippen molar-refractivity contribution in [2.75, 3.05) is 20.8 Å². The van der Waals surface area contributed by atoms with Gasteiger partial charge in [-0.3, -0.25) is 9.69 Å². The molecule has 1 atom stereocenters. The van der Waals surface area contributed by atoms with Gasteiger partial charge in [-0.15, -0.1) is 5.10 Å². The molecule has 9 nitrogen and oxygen atoms in total. The molecular weight excluding hydrogens is 480 g/mol. The van der Waals surface area contributed by atoms with Crippen molar-refractivity contribution in [2.24, 2.45) is 0 Å². The molecule has 194 valence electrons. The zero-order chi connectivity index (χ0) is 26.5. The second-order valence-electron chi connectivity index (χ2n) is 9.00. The highest BCUT2D eigenvalue weighted by molar-refractivity contribution is 5.80. The first-order valence-corrected chi connectivity index (χ1v) is 12.5. The van der Waals surface area contributed by atoms with Gasteiger partial charge in [0.05, 0.1) is 26.3 Å². The van der Waals surface area contributed by atoms with Crippen LogP contribution in [0.5, 0.6) is 11.5 Å². The van der Waals surface area contributed by atoms with Gasteiger partial charge >= 0.3 is 0 Å². The van der Waals surface area contributed by atoms with Crippen molar-refractivity contribution in [1.82, 2.24) is 30.1 Å². The Kier molecular flexibility index (Phi) is 7.46. The van der Waals surface area contributed by atoms with Crippen LogP contribution >= 0.6 is 0 Å². The monoisotopic (exact) mass is 510 g/mol. The molecule has 0 aliphatic heterocycles. The number of pyridine rings is 1. The summed E-state index contributed by atoms with van der Waals surface area (Å²) in [7, 11) is 3.25. The van der Waals surface area contributed by atoms with E-state index in [0.717, 1.165) is 22.3 Å². The third-order valence-corrected chi connectivity index (χ3v) is 6.67. The number of nitrogens with one attached hydrogen (secondary N) is 1. The van der Waals surface area contributed by atoms with Crippen LogP contribution in [0.15, 0.2) is 83.7 Å². The number of fused-ring (bicyclic) bond motifs is 1. The molecule has 1 unspecified atom stereocenters. The van der Waals surface area contributed by atoms with Crippen molar-refractivity contribution < 1.29 is 9.47 Å². The molecule has 0 saturated carbocycles. The number of aromatic amines is 1. The van der Waals surface area contributed by atoms with Gasteiger partial charge in [-0.1, -0.05) is 49.4 Å². The van der Waals surface area contributed by atoms with Crippen LogP contribution in [0.4, 0.5) is 0 Å². The molecule has 9 heteroatoms. The molecule has 5 rings (SSSR count). The van der Waals surface area contributed by atoms with E-state index in [1.165, 1.54) is 0 Å². The summed E-state index contributed by atoms with van der Waals surface area (Å²) in [6.07, 6.45) is 0. The topological polar surface area (TPSA) is 98.2 Å². The first-order chi connectivity index (χ1) is 18.6. The molecule has 0 radical (unpaired) electrons. The molecule has 3 aromatic carbocycles. The quantitative estimate of drug-likeness (QED) is 0.301. The van der Waals surface area contributed by atoms with Crippen molar-refractivity contribution in [2.45, 2.75) is 26.1 Å². The Morgan fingerprint density at radius 1 is 0.921 bits per heavy atom. The van der Waals surface area contributed by atoms with Crippen LogP contribution in [-0.2, 0) is 13.1 Å². The summed E-state index contributed by atoms with van der Waals surface area (Å²) in [4.78, 5) is 18.8. The van der Waals surface area contributed by atoms with Crippen LogP contribution in [0.3, 0.4) is 0 Å². The van der Waals surface area contributed by atoms with Gasteiger partial charge < -0.3 is 14.5 Å². The fourth-order valence-corrected chi connectivity index (χ4v) is 4.65. The van der Waals surface area contributed by atoms with Gasteiger partial charge in [0.1, 0.15) is 17.5 Å². The first kappa shape index (κ1) is 25.2. The van der Waals surface area contributed by atoms with Crippen LogP contribution in [-0.4, -0.2) is 50.9 Å². The number of aromatic nitrogens is 5. The highest BCUT2D eigenvalue weighted by atomic mass is 16.5. The normalized spacial score (nSPS) is 12.1. The van der Waals surface area contributed by atoms with Crippen LogP contribution in [0.25, 0.3) is 10.9 Å². The van der Waals surface area contributed by atoms with Gasteiger partial charge in [0.2, 0.25) is 0 Å². The van der Waals surface area contributed by atoms with Crippen LogP contribution in [0.2, 0.25) is 0 Å². The Morgan fingerprint density at radius 3 is 2.37 bits per heavy atom. The van der Waals surface area contributed by atoms with Gasteiger partial charge in [-0.05, 0) is 63.8 Å². The highest BCUT2D eigenvalue weighted by Crippen LogP contribution is 2.29. The Hall–Kier alpha value is -4.50. The van der Waals surface area contributed by atoms with Crippen LogP contribution < -0.4 is 15.0 Å². The Morgan fingerprint density at radius 2 is 1.66 bits per heavy atom. The molecular formula is C29H30N6O3. The number of benzene rings is 3. The predicted octanol–water partition coefficient (Wildman–Crippen LogP) is 4.19. The predicted molar refractivity (Wildman–Crippen MR) is 145 cm³/mol. The lowest BCUT2D eigenvalue weighted by Crippen LogP contribution is -2.35. The SMILES string of the molecule is CCN(Cc1ccccc1)C(c1cc2ccc(OC)cc2[nH]c1=O)c1nnnn1Cc1ccc(OC)cc1. The average Bonchev–Trinajstić information content (AvgIpc) is 3.41. The third kappa shape index (κ3) is 5.28. The molecule has 0 aliphatic rings. The third-order valence-electron chi connectivity index (χ3n) is 6.67. The largest absolute Gasteiger partial charge is 0.497 e. The lowest BCUT2D eigenvalue weighted by molar-refractivity contribution is 0.214. The first-order valence-electron chi connectivity index (χ1n) is 12.5. The molecule has 0 aliphatic carbocycles. The number of nitrogens with zero attached hydrogens (tertiary/aromatic N) is 5. The van der Waals surface area contributed by atoms with E-state index in [4.69, 9.17) is 9.47 Å². The summed E-state index contributed by atoms with van der Waals surface area (Å²) < 4.78 is 12.4. The molecule has 0 saturated heterocycles. The Bertz CT molecular complexity index is 1560. The minimum absolute atomic E-state index is 0.193. The van der Waals surface area contributed by atoms with Crippen LogP contribution in [0, 0.1) is 0 Å². The summed E-state index contributed by atoms with van der Waals surface area (Å²) >= 11 is 0. The fraction of sp³-hybridized carbons (Fsp3) is 0.241. The lowest BCUT2D eigenvalue weighted by Gasteiger charge is -2.30. The smallest absolute Gasteiger partial charge is 0.253 e. The molecule has 2 aromatic heterocycles. The van der Waals surface area contributed by atoms with E-state index in [1.807, 2.05) is 66.7 Å². The Labute approximate surface area is 220 Å². The summed E-state index contributed by atoms with van der Waals surface area (Å²) in [5.74, 6) is 2.06. The van der Waals surface area contributed by atoms with E-state index in [0.29, 0.717) is 42.3 Å². The summed E-state index contributed by atoms with van der Waals surface area (Å²) in [6, 6.07) is 25.1.